The molecule has 3 saturated heterocycles. The number of aromatic nitrogens is 1. The predicted octanol–water partition coefficient (Wildman–Crippen LogP) is 2.51. The molecule has 0 saturated carbocycles. The summed E-state index contributed by atoms with van der Waals surface area (Å²) in [7, 11) is 0. The molecule has 2 aromatic rings. The van der Waals surface area contributed by atoms with Gasteiger partial charge in [-0.3, -0.25) is 14.5 Å². The highest BCUT2D eigenvalue weighted by Crippen LogP contribution is 2.41. The monoisotopic (exact) mass is 394 g/mol. The smallest absolute Gasteiger partial charge is 0.223 e. The molecule has 1 aromatic carbocycles. The van der Waals surface area contributed by atoms with E-state index < -0.39 is 0 Å². The van der Waals surface area contributed by atoms with Gasteiger partial charge in [-0.25, -0.2) is 0 Å². The molecule has 2 amide bonds. The number of benzene rings is 1. The van der Waals surface area contributed by atoms with Crippen molar-refractivity contribution in [3.8, 4) is 0 Å². The van der Waals surface area contributed by atoms with E-state index in [1.54, 1.807) is 6.92 Å². The van der Waals surface area contributed by atoms with Gasteiger partial charge in [-0.2, -0.15) is 0 Å². The van der Waals surface area contributed by atoms with Crippen LogP contribution < -0.4 is 5.32 Å². The van der Waals surface area contributed by atoms with Crippen molar-refractivity contribution in [2.75, 3.05) is 19.6 Å². The number of H-pyrrole nitrogens is 1. The largest absolute Gasteiger partial charge is 0.361 e. The minimum Gasteiger partial charge on any atom is -0.361 e. The number of carbonyl (C=O) groups is 2. The van der Waals surface area contributed by atoms with Crippen LogP contribution in [0.5, 0.6) is 0 Å². The lowest BCUT2D eigenvalue weighted by molar-refractivity contribution is -0.153. The molecule has 2 N–H and O–H groups in total. The number of nitrogens with zero attached hydrogens (tertiary/aromatic N) is 2. The van der Waals surface area contributed by atoms with Gasteiger partial charge in [0.2, 0.25) is 11.8 Å². The Bertz CT molecular complexity index is 922. The highest BCUT2D eigenvalue weighted by Gasteiger charge is 2.49. The number of likely N-dealkylation sites (tertiary alicyclic amines) is 1. The first kappa shape index (κ1) is 18.7. The summed E-state index contributed by atoms with van der Waals surface area (Å²) in [5.74, 6) is 1.25. The molecule has 4 heterocycles. The quantitative estimate of drug-likeness (QED) is 0.837. The van der Waals surface area contributed by atoms with Crippen LogP contribution in [0.1, 0.15) is 38.2 Å². The fraction of sp³-hybridized carbons (Fsp3) is 0.565. The molecular formula is C23H30N4O2. The first-order valence-corrected chi connectivity index (χ1v) is 10.9. The van der Waals surface area contributed by atoms with E-state index in [4.69, 9.17) is 0 Å². The topological polar surface area (TPSA) is 68.4 Å². The van der Waals surface area contributed by atoms with Crippen LogP contribution in [0.4, 0.5) is 0 Å². The van der Waals surface area contributed by atoms with E-state index in [1.807, 2.05) is 6.20 Å². The molecule has 29 heavy (non-hydrogen) atoms. The Hall–Kier alpha value is -2.34. The molecule has 5 rings (SSSR count). The SMILES string of the molecule is CC(=O)NC[C@H]1[C@H]2C[C@H](CN(Cc3ccc4[nH]ccc4c3)C2)[C@@H]2CCCC(=O)N21. The van der Waals surface area contributed by atoms with E-state index in [-0.39, 0.29) is 17.9 Å². The molecule has 2 bridgehead atoms. The average Bonchev–Trinajstić information content (AvgIpc) is 3.16. The molecule has 0 unspecified atom stereocenters. The summed E-state index contributed by atoms with van der Waals surface area (Å²) in [5, 5.41) is 4.26. The first-order valence-electron chi connectivity index (χ1n) is 10.9. The molecule has 0 radical (unpaired) electrons. The summed E-state index contributed by atoms with van der Waals surface area (Å²) < 4.78 is 0. The van der Waals surface area contributed by atoms with Gasteiger partial charge in [-0.1, -0.05) is 6.07 Å². The summed E-state index contributed by atoms with van der Waals surface area (Å²) in [6.07, 6.45) is 5.92. The van der Waals surface area contributed by atoms with Crippen molar-refractivity contribution in [2.24, 2.45) is 11.8 Å². The molecule has 6 heteroatoms. The van der Waals surface area contributed by atoms with E-state index in [1.165, 1.54) is 22.9 Å². The zero-order valence-electron chi connectivity index (χ0n) is 17.1. The predicted molar refractivity (Wildman–Crippen MR) is 112 cm³/mol. The maximum atomic E-state index is 12.8. The molecule has 3 aliphatic rings. The van der Waals surface area contributed by atoms with Crippen LogP contribution in [0.25, 0.3) is 10.9 Å². The van der Waals surface area contributed by atoms with Crippen LogP contribution in [0, 0.1) is 11.8 Å². The molecule has 1 aromatic heterocycles. The Labute approximate surface area is 171 Å². The summed E-state index contributed by atoms with van der Waals surface area (Å²) in [6, 6.07) is 9.25. The summed E-state index contributed by atoms with van der Waals surface area (Å²) in [6.45, 7) is 5.14. The zero-order valence-corrected chi connectivity index (χ0v) is 17.1. The van der Waals surface area contributed by atoms with Crippen LogP contribution in [0.3, 0.4) is 0 Å². The van der Waals surface area contributed by atoms with Crippen molar-refractivity contribution in [3.05, 3.63) is 36.0 Å². The number of hydrogen-bond donors (Lipinski definition) is 2. The van der Waals surface area contributed by atoms with Crippen molar-refractivity contribution in [2.45, 2.75) is 51.2 Å². The number of rotatable bonds is 4. The first-order chi connectivity index (χ1) is 14.1. The fourth-order valence-electron chi connectivity index (χ4n) is 5.97. The minimum atomic E-state index is -0.0133. The van der Waals surface area contributed by atoms with E-state index in [2.05, 4.69) is 44.4 Å². The highest BCUT2D eigenvalue weighted by molar-refractivity contribution is 5.80. The van der Waals surface area contributed by atoms with Gasteiger partial charge in [0.1, 0.15) is 0 Å². The van der Waals surface area contributed by atoms with Crippen LogP contribution in [-0.4, -0.2) is 58.3 Å². The summed E-state index contributed by atoms with van der Waals surface area (Å²) in [5.41, 5.74) is 2.52. The van der Waals surface area contributed by atoms with Gasteiger partial charge in [-0.15, -0.1) is 0 Å². The highest BCUT2D eigenvalue weighted by atomic mass is 16.2. The molecule has 4 atom stereocenters. The lowest BCUT2D eigenvalue weighted by Gasteiger charge is -2.56. The fourth-order valence-corrected chi connectivity index (χ4v) is 5.97. The maximum Gasteiger partial charge on any atom is 0.223 e. The number of hydrogen-bond acceptors (Lipinski definition) is 3. The van der Waals surface area contributed by atoms with Crippen molar-refractivity contribution >= 4 is 22.7 Å². The third-order valence-corrected chi connectivity index (χ3v) is 7.16. The molecule has 3 fully saturated rings. The van der Waals surface area contributed by atoms with Gasteiger partial charge in [-0.05, 0) is 60.2 Å². The van der Waals surface area contributed by atoms with Crippen molar-refractivity contribution in [1.29, 1.82) is 0 Å². The molecule has 0 aliphatic carbocycles. The Balaban J connectivity index is 1.37. The standard InChI is InChI=1S/C23H30N4O2/c1-15(28)25-11-22-19-10-18(21-3-2-4-23(29)27(21)22)13-26(14-19)12-16-5-6-20-17(9-16)7-8-24-20/h5-9,18-19,21-22,24H,2-4,10-14H2,1H3,(H,25,28)/t18-,19+,21+,22+/m1/s1. The number of carbonyl (C=O) groups excluding carboxylic acids is 2. The molecule has 0 spiro atoms. The van der Waals surface area contributed by atoms with Gasteiger partial charge in [0.05, 0.1) is 6.04 Å². The summed E-state index contributed by atoms with van der Waals surface area (Å²) in [4.78, 5) is 32.3. The van der Waals surface area contributed by atoms with Gasteiger partial charge >= 0.3 is 0 Å². The molecular weight excluding hydrogens is 364 g/mol. The Morgan fingerprint density at radius 1 is 1.24 bits per heavy atom. The van der Waals surface area contributed by atoms with Crippen LogP contribution >= 0.6 is 0 Å². The molecule has 6 nitrogen and oxygen atoms in total. The lowest BCUT2D eigenvalue weighted by atomic mass is 9.72. The Kier molecular flexibility index (Phi) is 4.82. The van der Waals surface area contributed by atoms with E-state index >= 15 is 0 Å². The normalized spacial score (nSPS) is 29.7. The second-order valence-corrected chi connectivity index (χ2v) is 9.11. The van der Waals surface area contributed by atoms with E-state index in [9.17, 15) is 9.59 Å². The second-order valence-electron chi connectivity index (χ2n) is 9.11. The Morgan fingerprint density at radius 3 is 2.97 bits per heavy atom. The van der Waals surface area contributed by atoms with Gasteiger partial charge < -0.3 is 15.2 Å². The van der Waals surface area contributed by atoms with E-state index in [0.29, 0.717) is 30.8 Å². The van der Waals surface area contributed by atoms with Crippen molar-refractivity contribution in [1.82, 2.24) is 20.1 Å². The van der Waals surface area contributed by atoms with Gasteiger partial charge in [0, 0.05) is 57.3 Å². The van der Waals surface area contributed by atoms with Crippen LogP contribution in [0.2, 0.25) is 0 Å². The van der Waals surface area contributed by atoms with Crippen molar-refractivity contribution < 1.29 is 9.59 Å². The third kappa shape index (κ3) is 3.54. The van der Waals surface area contributed by atoms with Gasteiger partial charge in [0.25, 0.3) is 0 Å². The van der Waals surface area contributed by atoms with E-state index in [0.717, 1.165) is 32.5 Å². The van der Waals surface area contributed by atoms with Crippen molar-refractivity contribution in [3.63, 3.8) is 0 Å². The number of aromatic amines is 1. The number of nitrogens with one attached hydrogen (secondary N) is 2. The number of fused-ring (bicyclic) bond motifs is 5. The molecule has 154 valence electrons. The second kappa shape index (κ2) is 7.48. The maximum absolute atomic E-state index is 12.8. The lowest BCUT2D eigenvalue weighted by Crippen LogP contribution is -2.66. The average molecular weight is 395 g/mol. The zero-order chi connectivity index (χ0) is 20.0. The minimum absolute atomic E-state index is 0.0133. The molecule has 3 aliphatic heterocycles. The number of piperidine rings is 3. The number of amides is 2. The Morgan fingerprint density at radius 2 is 2.10 bits per heavy atom. The van der Waals surface area contributed by atoms with Gasteiger partial charge in [0.15, 0.2) is 0 Å². The third-order valence-electron chi connectivity index (χ3n) is 7.16. The van der Waals surface area contributed by atoms with Crippen LogP contribution in [0.15, 0.2) is 30.5 Å². The summed E-state index contributed by atoms with van der Waals surface area (Å²) >= 11 is 0. The van der Waals surface area contributed by atoms with Crippen LogP contribution in [-0.2, 0) is 16.1 Å².